The Balaban J connectivity index is 1.87. The predicted molar refractivity (Wildman–Crippen MR) is 87.0 cm³/mol. The molecule has 0 radical (unpaired) electrons. The maximum atomic E-state index is 13.4. The number of rotatable bonds is 4. The summed E-state index contributed by atoms with van der Waals surface area (Å²) < 4.78 is 28.6. The molecular formula is C18H17F2N3. The maximum Gasteiger partial charge on any atom is 0.203 e. The van der Waals surface area contributed by atoms with E-state index in [0.29, 0.717) is 17.2 Å². The van der Waals surface area contributed by atoms with Crippen LogP contribution in [0.25, 0.3) is 11.3 Å². The summed E-state index contributed by atoms with van der Waals surface area (Å²) in [5.74, 6) is -0.567. The molecule has 0 bridgehead atoms. The van der Waals surface area contributed by atoms with E-state index in [-0.39, 0.29) is 6.04 Å². The van der Waals surface area contributed by atoms with Crippen LogP contribution in [0.5, 0.6) is 0 Å². The van der Waals surface area contributed by atoms with Gasteiger partial charge in [0.25, 0.3) is 0 Å². The highest BCUT2D eigenvalue weighted by molar-refractivity contribution is 5.61. The summed E-state index contributed by atoms with van der Waals surface area (Å²) in [6, 6.07) is 13.5. The lowest BCUT2D eigenvalue weighted by Crippen LogP contribution is -2.10. The van der Waals surface area contributed by atoms with Gasteiger partial charge in [-0.15, -0.1) is 0 Å². The molecule has 2 aromatic carbocycles. The second kappa shape index (κ2) is 6.20. The average Bonchev–Trinajstić information content (AvgIpc) is 2.88. The molecule has 1 N–H and O–H groups in total. The number of nitrogens with zero attached hydrogens (tertiary/aromatic N) is 2. The first-order valence-electron chi connectivity index (χ1n) is 7.34. The molecule has 0 spiro atoms. The molecule has 118 valence electrons. The Bertz CT molecular complexity index is 792. The van der Waals surface area contributed by atoms with Crippen molar-refractivity contribution >= 4 is 5.95 Å². The minimum atomic E-state index is -0.603. The highest BCUT2D eigenvalue weighted by atomic mass is 19.1. The van der Waals surface area contributed by atoms with Crippen LogP contribution >= 0.6 is 0 Å². The molecule has 0 saturated heterocycles. The Morgan fingerprint density at radius 1 is 1.04 bits per heavy atom. The van der Waals surface area contributed by atoms with Crippen LogP contribution in [-0.2, 0) is 7.05 Å². The smallest absolute Gasteiger partial charge is 0.203 e. The molecule has 1 atom stereocenters. The molecule has 1 unspecified atom stereocenters. The van der Waals surface area contributed by atoms with Crippen LogP contribution in [0.15, 0.2) is 54.7 Å². The topological polar surface area (TPSA) is 29.9 Å². The van der Waals surface area contributed by atoms with Crippen LogP contribution in [0.1, 0.15) is 18.5 Å². The first-order valence-corrected chi connectivity index (χ1v) is 7.34. The molecule has 3 nitrogen and oxygen atoms in total. The lowest BCUT2D eigenvalue weighted by molar-refractivity contribution is 0.584. The lowest BCUT2D eigenvalue weighted by atomic mass is 10.1. The van der Waals surface area contributed by atoms with Crippen LogP contribution in [0.4, 0.5) is 14.7 Å². The van der Waals surface area contributed by atoms with Crippen molar-refractivity contribution in [1.29, 1.82) is 0 Å². The molecule has 1 aromatic heterocycles. The largest absolute Gasteiger partial charge is 0.349 e. The van der Waals surface area contributed by atoms with Crippen molar-refractivity contribution in [2.45, 2.75) is 13.0 Å². The number of hydrogen-bond donors (Lipinski definition) is 1. The van der Waals surface area contributed by atoms with Crippen LogP contribution in [-0.4, -0.2) is 9.55 Å². The van der Waals surface area contributed by atoms with Gasteiger partial charge < -0.3 is 9.88 Å². The second-order valence-corrected chi connectivity index (χ2v) is 5.46. The number of aromatic nitrogens is 2. The summed E-state index contributed by atoms with van der Waals surface area (Å²) in [6.45, 7) is 2.03. The summed E-state index contributed by atoms with van der Waals surface area (Å²) in [5, 5.41) is 3.31. The van der Waals surface area contributed by atoms with E-state index in [1.54, 1.807) is 10.8 Å². The van der Waals surface area contributed by atoms with Crippen LogP contribution in [0.2, 0.25) is 0 Å². The predicted octanol–water partition coefficient (Wildman–Crippen LogP) is 4.54. The van der Waals surface area contributed by atoms with Gasteiger partial charge in [0, 0.05) is 18.7 Å². The van der Waals surface area contributed by atoms with Crippen LogP contribution in [0, 0.1) is 11.6 Å². The quantitative estimate of drug-likeness (QED) is 0.766. The van der Waals surface area contributed by atoms with Crippen molar-refractivity contribution in [2.75, 3.05) is 5.32 Å². The summed E-state index contributed by atoms with van der Waals surface area (Å²) in [7, 11) is 1.81. The molecule has 0 aliphatic carbocycles. The Kier molecular flexibility index (Phi) is 4.10. The summed E-state index contributed by atoms with van der Waals surface area (Å²) in [4.78, 5) is 4.32. The van der Waals surface area contributed by atoms with Crippen molar-refractivity contribution < 1.29 is 8.78 Å². The summed E-state index contributed by atoms with van der Waals surface area (Å²) in [5.41, 5.74) is 2.23. The van der Waals surface area contributed by atoms with Gasteiger partial charge in [0.2, 0.25) is 5.95 Å². The Morgan fingerprint density at radius 3 is 2.35 bits per heavy atom. The van der Waals surface area contributed by atoms with E-state index in [0.717, 1.165) is 11.6 Å². The highest BCUT2D eigenvalue weighted by Gasteiger charge is 2.13. The molecule has 3 rings (SSSR count). The molecule has 0 fully saturated rings. The van der Waals surface area contributed by atoms with Crippen molar-refractivity contribution in [3.63, 3.8) is 0 Å². The first-order chi connectivity index (χ1) is 11.0. The first kappa shape index (κ1) is 15.2. The summed E-state index contributed by atoms with van der Waals surface area (Å²) in [6.07, 6.45) is 1.61. The van der Waals surface area contributed by atoms with E-state index < -0.39 is 11.6 Å². The van der Waals surface area contributed by atoms with Crippen molar-refractivity contribution in [3.8, 4) is 11.3 Å². The minimum Gasteiger partial charge on any atom is -0.349 e. The van der Waals surface area contributed by atoms with Gasteiger partial charge >= 0.3 is 0 Å². The standard InChI is InChI=1S/C18H17F2N3/c1-12(13-6-4-3-5-7-13)22-18-21-11-17(23(18)2)14-8-15(19)10-16(20)9-14/h3-12H,1-2H3,(H,21,22). The molecule has 0 aliphatic heterocycles. The normalized spacial score (nSPS) is 12.2. The third-order valence-electron chi connectivity index (χ3n) is 3.79. The van der Waals surface area contributed by atoms with E-state index >= 15 is 0 Å². The lowest BCUT2D eigenvalue weighted by Gasteiger charge is -2.15. The molecule has 0 saturated carbocycles. The third kappa shape index (κ3) is 3.23. The fourth-order valence-corrected chi connectivity index (χ4v) is 2.53. The van der Waals surface area contributed by atoms with Gasteiger partial charge in [0.15, 0.2) is 0 Å². The SMILES string of the molecule is CC(Nc1ncc(-c2cc(F)cc(F)c2)n1C)c1ccccc1. The Hall–Kier alpha value is -2.69. The Morgan fingerprint density at radius 2 is 1.70 bits per heavy atom. The maximum absolute atomic E-state index is 13.4. The van der Waals surface area contributed by atoms with Crippen molar-refractivity contribution in [1.82, 2.24) is 9.55 Å². The molecule has 5 heteroatoms. The van der Waals surface area contributed by atoms with Gasteiger partial charge in [-0.25, -0.2) is 13.8 Å². The summed E-state index contributed by atoms with van der Waals surface area (Å²) >= 11 is 0. The molecule has 0 aliphatic rings. The van der Waals surface area contributed by atoms with Gasteiger partial charge in [0.1, 0.15) is 11.6 Å². The molecule has 3 aromatic rings. The second-order valence-electron chi connectivity index (χ2n) is 5.46. The van der Waals surface area contributed by atoms with E-state index in [9.17, 15) is 8.78 Å². The number of nitrogens with one attached hydrogen (secondary N) is 1. The fraction of sp³-hybridized carbons (Fsp3) is 0.167. The van der Waals surface area contributed by atoms with Gasteiger partial charge in [-0.05, 0) is 24.6 Å². The number of benzene rings is 2. The highest BCUT2D eigenvalue weighted by Crippen LogP contribution is 2.25. The number of imidazole rings is 1. The van der Waals surface area contributed by atoms with Crippen molar-refractivity contribution in [3.05, 3.63) is 71.9 Å². The molecule has 23 heavy (non-hydrogen) atoms. The zero-order chi connectivity index (χ0) is 16.4. The number of anilines is 1. The average molecular weight is 313 g/mol. The van der Waals surface area contributed by atoms with Gasteiger partial charge in [0.05, 0.1) is 17.9 Å². The molecule has 1 heterocycles. The third-order valence-corrected chi connectivity index (χ3v) is 3.79. The minimum absolute atomic E-state index is 0.0643. The molecule has 0 amide bonds. The Labute approximate surface area is 133 Å². The van der Waals surface area contributed by atoms with Crippen molar-refractivity contribution in [2.24, 2.45) is 7.05 Å². The molecular weight excluding hydrogens is 296 g/mol. The zero-order valence-corrected chi connectivity index (χ0v) is 12.9. The van der Waals surface area contributed by atoms with Crippen LogP contribution in [0.3, 0.4) is 0 Å². The monoisotopic (exact) mass is 313 g/mol. The fourth-order valence-electron chi connectivity index (χ4n) is 2.53. The van der Waals surface area contributed by atoms with E-state index in [2.05, 4.69) is 10.3 Å². The van der Waals surface area contributed by atoms with Gasteiger partial charge in [-0.3, -0.25) is 0 Å². The van der Waals surface area contributed by atoms with Crippen LogP contribution < -0.4 is 5.32 Å². The van der Waals surface area contributed by atoms with E-state index in [4.69, 9.17) is 0 Å². The van der Waals surface area contributed by atoms with Gasteiger partial charge in [-0.2, -0.15) is 0 Å². The van der Waals surface area contributed by atoms with E-state index in [1.807, 2.05) is 44.3 Å². The van der Waals surface area contributed by atoms with E-state index in [1.165, 1.54) is 12.1 Å². The number of halogens is 2. The number of hydrogen-bond acceptors (Lipinski definition) is 2. The zero-order valence-electron chi connectivity index (χ0n) is 12.9. The van der Waals surface area contributed by atoms with Gasteiger partial charge in [-0.1, -0.05) is 30.3 Å².